The molecule has 5 nitrogen and oxygen atoms in total. The molecule has 1 amide bonds. The Labute approximate surface area is 157 Å². The van der Waals surface area contributed by atoms with Crippen molar-refractivity contribution in [3.05, 3.63) is 60.7 Å². The number of hydrogen-bond acceptors (Lipinski definition) is 4. The molecule has 6 heteroatoms. The number of carbonyl (C=O) groups excluding carboxylic acids is 1. The molecule has 0 aliphatic carbocycles. The molecule has 134 valence electrons. The van der Waals surface area contributed by atoms with Crippen LogP contribution >= 0.6 is 11.8 Å². The number of nitrogens with zero attached hydrogens (tertiary/aromatic N) is 3. The number of benzene rings is 2. The van der Waals surface area contributed by atoms with Gasteiger partial charge in [-0.05, 0) is 32.9 Å². The minimum atomic E-state index is -0.246. The van der Waals surface area contributed by atoms with Crippen molar-refractivity contribution in [2.45, 2.75) is 31.5 Å². The van der Waals surface area contributed by atoms with Crippen LogP contribution in [0, 0.1) is 0 Å². The second kappa shape index (κ2) is 7.74. The maximum atomic E-state index is 12.1. The molecule has 3 aromatic rings. The molecule has 0 fully saturated rings. The van der Waals surface area contributed by atoms with Gasteiger partial charge in [0.2, 0.25) is 11.1 Å². The minimum Gasteiger partial charge on any atom is -0.351 e. The van der Waals surface area contributed by atoms with Gasteiger partial charge < -0.3 is 5.32 Å². The number of amides is 1. The van der Waals surface area contributed by atoms with Crippen LogP contribution in [0.1, 0.15) is 20.8 Å². The van der Waals surface area contributed by atoms with Crippen LogP contribution in [-0.2, 0) is 4.79 Å². The molecule has 0 unspecified atom stereocenters. The summed E-state index contributed by atoms with van der Waals surface area (Å²) in [5.74, 6) is 1.01. The highest BCUT2D eigenvalue weighted by Crippen LogP contribution is 2.24. The first kappa shape index (κ1) is 18.2. The Morgan fingerprint density at radius 1 is 1.04 bits per heavy atom. The molecule has 3 rings (SSSR count). The predicted molar refractivity (Wildman–Crippen MR) is 105 cm³/mol. The monoisotopic (exact) mass is 366 g/mol. The summed E-state index contributed by atoms with van der Waals surface area (Å²) < 4.78 is 1.82. The molecular weight excluding hydrogens is 344 g/mol. The van der Waals surface area contributed by atoms with Gasteiger partial charge in [-0.15, -0.1) is 5.10 Å². The Bertz CT molecular complexity index is 813. The zero-order valence-electron chi connectivity index (χ0n) is 15.1. The molecule has 0 aliphatic rings. The SMILES string of the molecule is CC(C)(C)NC(=O)CSc1nc(-c2ccccc2)n(-c2ccccc2)n1. The summed E-state index contributed by atoms with van der Waals surface area (Å²) in [7, 11) is 0. The summed E-state index contributed by atoms with van der Waals surface area (Å²) in [6.07, 6.45) is 0. The first-order valence-corrected chi connectivity index (χ1v) is 9.43. The topological polar surface area (TPSA) is 59.8 Å². The summed E-state index contributed by atoms with van der Waals surface area (Å²) in [6, 6.07) is 19.8. The van der Waals surface area contributed by atoms with Crippen LogP contribution in [0.4, 0.5) is 0 Å². The van der Waals surface area contributed by atoms with Gasteiger partial charge in [0, 0.05) is 11.1 Å². The van der Waals surface area contributed by atoms with E-state index in [1.807, 2.05) is 86.1 Å². The van der Waals surface area contributed by atoms with Gasteiger partial charge in [0.05, 0.1) is 11.4 Å². The summed E-state index contributed by atoms with van der Waals surface area (Å²) in [6.45, 7) is 5.89. The lowest BCUT2D eigenvalue weighted by molar-refractivity contribution is -0.119. The maximum absolute atomic E-state index is 12.1. The van der Waals surface area contributed by atoms with Crippen molar-refractivity contribution in [3.63, 3.8) is 0 Å². The van der Waals surface area contributed by atoms with E-state index in [1.54, 1.807) is 0 Å². The quantitative estimate of drug-likeness (QED) is 0.695. The summed E-state index contributed by atoms with van der Waals surface area (Å²) in [5.41, 5.74) is 1.67. The Hall–Kier alpha value is -2.60. The molecule has 0 spiro atoms. The van der Waals surface area contributed by atoms with E-state index in [1.165, 1.54) is 11.8 Å². The Kier molecular flexibility index (Phi) is 5.42. The fraction of sp³-hybridized carbons (Fsp3) is 0.250. The Morgan fingerprint density at radius 2 is 1.65 bits per heavy atom. The average Bonchev–Trinajstić information content (AvgIpc) is 3.04. The lowest BCUT2D eigenvalue weighted by atomic mass is 10.1. The van der Waals surface area contributed by atoms with E-state index in [9.17, 15) is 4.79 Å². The zero-order valence-corrected chi connectivity index (χ0v) is 16.0. The minimum absolute atomic E-state index is 0.0279. The van der Waals surface area contributed by atoms with Gasteiger partial charge in [-0.3, -0.25) is 4.79 Å². The van der Waals surface area contributed by atoms with E-state index in [0.717, 1.165) is 17.1 Å². The summed E-state index contributed by atoms with van der Waals surface area (Å²) in [4.78, 5) is 16.7. The molecule has 0 radical (unpaired) electrons. The predicted octanol–water partition coefficient (Wildman–Crippen LogP) is 3.94. The molecule has 0 bridgehead atoms. The Morgan fingerprint density at radius 3 is 2.27 bits per heavy atom. The summed E-state index contributed by atoms with van der Waals surface area (Å²) >= 11 is 1.34. The second-order valence-electron chi connectivity index (χ2n) is 6.92. The molecule has 26 heavy (non-hydrogen) atoms. The number of para-hydroxylation sites is 1. The van der Waals surface area contributed by atoms with Gasteiger partial charge >= 0.3 is 0 Å². The van der Waals surface area contributed by atoms with E-state index >= 15 is 0 Å². The number of thioether (sulfide) groups is 1. The van der Waals surface area contributed by atoms with Crippen molar-refractivity contribution in [3.8, 4) is 17.1 Å². The normalized spacial score (nSPS) is 11.3. The maximum Gasteiger partial charge on any atom is 0.230 e. The van der Waals surface area contributed by atoms with Crippen LogP contribution < -0.4 is 5.32 Å². The third-order valence-electron chi connectivity index (χ3n) is 3.47. The average molecular weight is 366 g/mol. The lowest BCUT2D eigenvalue weighted by Crippen LogP contribution is -2.41. The molecular formula is C20H22N4OS. The molecule has 2 aromatic carbocycles. The molecule has 0 saturated heterocycles. The van der Waals surface area contributed by atoms with Crippen molar-refractivity contribution < 1.29 is 4.79 Å². The highest BCUT2D eigenvalue weighted by molar-refractivity contribution is 7.99. The number of rotatable bonds is 5. The van der Waals surface area contributed by atoms with Gasteiger partial charge in [0.25, 0.3) is 0 Å². The van der Waals surface area contributed by atoms with Crippen LogP contribution in [0.5, 0.6) is 0 Å². The molecule has 0 atom stereocenters. The first-order valence-electron chi connectivity index (χ1n) is 8.44. The van der Waals surface area contributed by atoms with Gasteiger partial charge in [0.1, 0.15) is 0 Å². The van der Waals surface area contributed by atoms with Gasteiger partial charge in [0.15, 0.2) is 5.82 Å². The van der Waals surface area contributed by atoms with E-state index in [0.29, 0.717) is 5.16 Å². The third-order valence-corrected chi connectivity index (χ3v) is 4.30. The third kappa shape index (κ3) is 4.73. The molecule has 1 N–H and O–H groups in total. The van der Waals surface area contributed by atoms with Gasteiger partial charge in [-0.2, -0.15) is 0 Å². The number of nitrogens with one attached hydrogen (secondary N) is 1. The van der Waals surface area contributed by atoms with E-state index < -0.39 is 0 Å². The molecule has 0 saturated carbocycles. The van der Waals surface area contributed by atoms with Gasteiger partial charge in [-0.25, -0.2) is 9.67 Å². The Balaban J connectivity index is 1.86. The number of hydrogen-bond donors (Lipinski definition) is 1. The number of carbonyl (C=O) groups is 1. The zero-order chi connectivity index (χ0) is 18.6. The van der Waals surface area contributed by atoms with Crippen molar-refractivity contribution in [2.24, 2.45) is 0 Å². The van der Waals surface area contributed by atoms with Crippen LogP contribution in [0.25, 0.3) is 17.1 Å². The van der Waals surface area contributed by atoms with E-state index in [-0.39, 0.29) is 17.2 Å². The smallest absolute Gasteiger partial charge is 0.230 e. The largest absolute Gasteiger partial charge is 0.351 e. The fourth-order valence-corrected chi connectivity index (χ4v) is 3.08. The van der Waals surface area contributed by atoms with Crippen LogP contribution in [0.3, 0.4) is 0 Å². The van der Waals surface area contributed by atoms with E-state index in [2.05, 4.69) is 15.4 Å². The molecule has 1 aromatic heterocycles. The lowest BCUT2D eigenvalue weighted by Gasteiger charge is -2.19. The standard InChI is InChI=1S/C20H22N4OS/c1-20(2,3)22-17(25)14-26-19-21-18(15-10-6-4-7-11-15)24(23-19)16-12-8-5-9-13-16/h4-13H,14H2,1-3H3,(H,22,25). The second-order valence-corrected chi connectivity index (χ2v) is 7.86. The molecule has 0 aliphatic heterocycles. The molecule has 1 heterocycles. The number of aromatic nitrogens is 3. The summed E-state index contributed by atoms with van der Waals surface area (Å²) in [5, 5.41) is 8.15. The fourth-order valence-electron chi connectivity index (χ4n) is 2.46. The van der Waals surface area contributed by atoms with Crippen molar-refractivity contribution >= 4 is 17.7 Å². The van der Waals surface area contributed by atoms with Crippen LogP contribution in [-0.4, -0.2) is 32.0 Å². The highest BCUT2D eigenvalue weighted by Gasteiger charge is 2.17. The first-order chi connectivity index (χ1) is 12.4. The van der Waals surface area contributed by atoms with E-state index in [4.69, 9.17) is 0 Å². The highest BCUT2D eigenvalue weighted by atomic mass is 32.2. The van der Waals surface area contributed by atoms with Gasteiger partial charge in [-0.1, -0.05) is 60.3 Å². The van der Waals surface area contributed by atoms with Crippen molar-refractivity contribution in [1.29, 1.82) is 0 Å². The van der Waals surface area contributed by atoms with Crippen molar-refractivity contribution in [2.75, 3.05) is 5.75 Å². The van der Waals surface area contributed by atoms with Crippen LogP contribution in [0.15, 0.2) is 65.8 Å². The van der Waals surface area contributed by atoms with Crippen LogP contribution in [0.2, 0.25) is 0 Å². The van der Waals surface area contributed by atoms with Crippen molar-refractivity contribution in [1.82, 2.24) is 20.1 Å².